The molecule has 0 aromatic heterocycles. The second kappa shape index (κ2) is 5.85. The molecule has 0 atom stereocenters. The first-order valence-corrected chi connectivity index (χ1v) is 5.18. The quantitative estimate of drug-likeness (QED) is 0.483. The van der Waals surface area contributed by atoms with Gasteiger partial charge in [0, 0.05) is 18.7 Å². The normalized spacial score (nSPS) is 9.33. The summed E-state index contributed by atoms with van der Waals surface area (Å²) in [5.41, 5.74) is 0.698. The summed E-state index contributed by atoms with van der Waals surface area (Å²) in [6.45, 7) is 2.46. The van der Waals surface area contributed by atoms with Crippen LogP contribution in [0.3, 0.4) is 0 Å². The molecule has 0 fully saturated rings. The Hall–Kier alpha value is -0.910. The van der Waals surface area contributed by atoms with Crippen molar-refractivity contribution in [1.29, 1.82) is 0 Å². The minimum atomic E-state index is -0.586. The van der Waals surface area contributed by atoms with Crippen molar-refractivity contribution in [2.75, 3.05) is 11.9 Å². The van der Waals surface area contributed by atoms with Crippen LogP contribution in [0.1, 0.15) is 13.3 Å². The summed E-state index contributed by atoms with van der Waals surface area (Å²) in [7, 11) is 0. The highest BCUT2D eigenvalue weighted by molar-refractivity contribution is 6.35. The Balaban J connectivity index is 2.65. The van der Waals surface area contributed by atoms with Crippen molar-refractivity contribution in [2.24, 2.45) is 0 Å². The van der Waals surface area contributed by atoms with Gasteiger partial charge in [-0.25, -0.2) is 4.39 Å². The second-order valence-electron chi connectivity index (χ2n) is 2.86. The number of hydrogen-bond donors (Lipinski definition) is 1. The average molecular weight is 246 g/mol. The van der Waals surface area contributed by atoms with Crippen molar-refractivity contribution in [1.82, 2.24) is 0 Å². The Kier molecular flexibility index (Phi) is 4.74. The summed E-state index contributed by atoms with van der Waals surface area (Å²) >= 11 is 11.3. The summed E-state index contributed by atoms with van der Waals surface area (Å²) in [6.07, 6.45) is 0.725. The van der Waals surface area contributed by atoms with E-state index >= 15 is 0 Å². The summed E-state index contributed by atoms with van der Waals surface area (Å²) in [6, 6.07) is 3.00. The van der Waals surface area contributed by atoms with Gasteiger partial charge in [0.25, 0.3) is 0 Å². The van der Waals surface area contributed by atoms with Crippen LogP contribution in [0.4, 0.5) is 10.1 Å². The monoisotopic (exact) mass is 245 g/mol. The van der Waals surface area contributed by atoms with Crippen LogP contribution < -0.4 is 5.32 Å². The average Bonchev–Trinajstić information content (AvgIpc) is 2.21. The van der Waals surface area contributed by atoms with Gasteiger partial charge < -0.3 is 5.32 Å². The molecule has 0 aliphatic rings. The highest BCUT2D eigenvalue weighted by atomic mass is 35.5. The molecule has 4 heteroatoms. The Morgan fingerprint density at radius 3 is 2.47 bits per heavy atom. The SMILES string of the molecule is CC#CCCNc1cc(Cl)c(F)c(Cl)c1. The van der Waals surface area contributed by atoms with E-state index in [1.54, 1.807) is 6.92 Å². The molecule has 80 valence electrons. The Labute approximate surface area is 98.6 Å². The minimum absolute atomic E-state index is 0.0200. The van der Waals surface area contributed by atoms with Crippen LogP contribution in [0.25, 0.3) is 0 Å². The molecule has 0 radical (unpaired) electrons. The zero-order valence-corrected chi connectivity index (χ0v) is 9.71. The third-order valence-electron chi connectivity index (χ3n) is 1.74. The van der Waals surface area contributed by atoms with Crippen LogP contribution in [-0.2, 0) is 0 Å². The number of rotatable bonds is 3. The van der Waals surface area contributed by atoms with Gasteiger partial charge in [-0.1, -0.05) is 23.2 Å². The highest BCUT2D eigenvalue weighted by Gasteiger charge is 2.06. The molecular formula is C11H10Cl2FN. The molecule has 0 spiro atoms. The van der Waals surface area contributed by atoms with Crippen LogP contribution >= 0.6 is 23.2 Å². The summed E-state index contributed by atoms with van der Waals surface area (Å²) in [5.74, 6) is 5.10. The molecule has 1 aromatic carbocycles. The standard InChI is InChI=1S/C11H10Cl2FN/c1-2-3-4-5-15-8-6-9(12)11(14)10(13)7-8/h6-7,15H,4-5H2,1H3. The fraction of sp³-hybridized carbons (Fsp3) is 0.273. The predicted molar refractivity (Wildman–Crippen MR) is 63.0 cm³/mol. The van der Waals surface area contributed by atoms with Crippen molar-refractivity contribution < 1.29 is 4.39 Å². The van der Waals surface area contributed by atoms with Gasteiger partial charge in [-0.2, -0.15) is 0 Å². The molecule has 15 heavy (non-hydrogen) atoms. The predicted octanol–water partition coefficient (Wildman–Crippen LogP) is 3.96. The van der Waals surface area contributed by atoms with E-state index in [9.17, 15) is 4.39 Å². The van der Waals surface area contributed by atoms with E-state index in [1.807, 2.05) is 0 Å². The largest absolute Gasteiger partial charge is 0.384 e. The van der Waals surface area contributed by atoms with E-state index in [0.717, 1.165) is 6.42 Å². The maximum absolute atomic E-state index is 13.0. The molecule has 0 heterocycles. The third-order valence-corrected chi connectivity index (χ3v) is 2.29. The molecule has 1 rings (SSSR count). The van der Waals surface area contributed by atoms with Crippen molar-refractivity contribution in [3.05, 3.63) is 28.0 Å². The van der Waals surface area contributed by atoms with Gasteiger partial charge in [0.15, 0.2) is 5.82 Å². The molecular weight excluding hydrogens is 236 g/mol. The number of nitrogens with one attached hydrogen (secondary N) is 1. The molecule has 0 saturated carbocycles. The summed E-state index contributed by atoms with van der Waals surface area (Å²) in [5, 5.41) is 3.09. The fourth-order valence-corrected chi connectivity index (χ4v) is 1.54. The van der Waals surface area contributed by atoms with E-state index in [-0.39, 0.29) is 10.0 Å². The second-order valence-corrected chi connectivity index (χ2v) is 3.67. The first-order valence-electron chi connectivity index (χ1n) is 4.43. The van der Waals surface area contributed by atoms with Crippen molar-refractivity contribution in [3.63, 3.8) is 0 Å². The lowest BCUT2D eigenvalue weighted by atomic mass is 10.3. The maximum Gasteiger partial charge on any atom is 0.160 e. The lowest BCUT2D eigenvalue weighted by Gasteiger charge is -2.06. The van der Waals surface area contributed by atoms with E-state index in [1.165, 1.54) is 12.1 Å². The number of benzene rings is 1. The molecule has 1 nitrogen and oxygen atoms in total. The Morgan fingerprint density at radius 1 is 1.33 bits per heavy atom. The molecule has 0 aliphatic heterocycles. The van der Waals surface area contributed by atoms with Gasteiger partial charge in [-0.05, 0) is 19.1 Å². The van der Waals surface area contributed by atoms with Crippen molar-refractivity contribution >= 4 is 28.9 Å². The van der Waals surface area contributed by atoms with Gasteiger partial charge in [0.05, 0.1) is 10.0 Å². The molecule has 0 amide bonds. The number of hydrogen-bond acceptors (Lipinski definition) is 1. The van der Waals surface area contributed by atoms with E-state index in [2.05, 4.69) is 17.2 Å². The third kappa shape index (κ3) is 3.62. The molecule has 1 aromatic rings. The molecule has 0 saturated heterocycles. The van der Waals surface area contributed by atoms with E-state index in [4.69, 9.17) is 23.2 Å². The molecule has 0 aliphatic carbocycles. The van der Waals surface area contributed by atoms with Gasteiger partial charge in [0.1, 0.15) is 0 Å². The van der Waals surface area contributed by atoms with Crippen LogP contribution in [0, 0.1) is 17.7 Å². The Morgan fingerprint density at radius 2 is 1.93 bits per heavy atom. The zero-order valence-electron chi connectivity index (χ0n) is 8.20. The fourth-order valence-electron chi connectivity index (χ4n) is 1.05. The Bertz CT molecular complexity index is 384. The van der Waals surface area contributed by atoms with Crippen LogP contribution in [0.15, 0.2) is 12.1 Å². The maximum atomic E-state index is 13.0. The lowest BCUT2D eigenvalue weighted by molar-refractivity contribution is 0.629. The molecule has 0 bridgehead atoms. The molecule has 1 N–H and O–H groups in total. The van der Waals surface area contributed by atoms with Gasteiger partial charge in [-0.15, -0.1) is 11.8 Å². The summed E-state index contributed by atoms with van der Waals surface area (Å²) < 4.78 is 13.0. The first kappa shape index (κ1) is 12.2. The minimum Gasteiger partial charge on any atom is -0.384 e. The smallest absolute Gasteiger partial charge is 0.160 e. The zero-order chi connectivity index (χ0) is 11.3. The molecule has 0 unspecified atom stereocenters. The van der Waals surface area contributed by atoms with Crippen molar-refractivity contribution in [3.8, 4) is 11.8 Å². The van der Waals surface area contributed by atoms with Gasteiger partial charge in [0.2, 0.25) is 0 Å². The topological polar surface area (TPSA) is 12.0 Å². The van der Waals surface area contributed by atoms with Crippen LogP contribution in [0.5, 0.6) is 0 Å². The van der Waals surface area contributed by atoms with Gasteiger partial charge in [-0.3, -0.25) is 0 Å². The van der Waals surface area contributed by atoms with E-state index < -0.39 is 5.82 Å². The number of anilines is 1. The summed E-state index contributed by atoms with van der Waals surface area (Å²) in [4.78, 5) is 0. The van der Waals surface area contributed by atoms with E-state index in [0.29, 0.717) is 12.2 Å². The van der Waals surface area contributed by atoms with Crippen LogP contribution in [-0.4, -0.2) is 6.54 Å². The highest BCUT2D eigenvalue weighted by Crippen LogP contribution is 2.27. The van der Waals surface area contributed by atoms with Crippen molar-refractivity contribution in [2.45, 2.75) is 13.3 Å². The number of halogens is 3. The van der Waals surface area contributed by atoms with Gasteiger partial charge >= 0.3 is 0 Å². The first-order chi connectivity index (χ1) is 7.15. The lowest BCUT2D eigenvalue weighted by Crippen LogP contribution is -2.00. The van der Waals surface area contributed by atoms with Crippen LogP contribution in [0.2, 0.25) is 10.0 Å².